The highest BCUT2D eigenvalue weighted by Gasteiger charge is 2.13. The summed E-state index contributed by atoms with van der Waals surface area (Å²) in [4.78, 5) is 0. The van der Waals surface area contributed by atoms with Crippen molar-refractivity contribution < 1.29 is 4.43 Å². The van der Waals surface area contributed by atoms with Gasteiger partial charge in [0.2, 0.25) is 9.76 Å². The summed E-state index contributed by atoms with van der Waals surface area (Å²) in [5.74, 6) is 0. The van der Waals surface area contributed by atoms with Gasteiger partial charge < -0.3 is 4.43 Å². The highest BCUT2D eigenvalue weighted by Crippen LogP contribution is 2.20. The molecule has 0 heterocycles. The minimum atomic E-state index is 0.338. The number of rotatable bonds is 2. The maximum Gasteiger partial charge on any atom is 0.236 e. The van der Waals surface area contributed by atoms with Crippen molar-refractivity contribution in [2.45, 2.75) is 45.8 Å². The summed E-state index contributed by atoms with van der Waals surface area (Å²) < 4.78 is 5.43. The lowest BCUT2D eigenvalue weighted by Gasteiger charge is -2.17. The maximum absolute atomic E-state index is 5.43. The molecule has 0 spiro atoms. The van der Waals surface area contributed by atoms with Gasteiger partial charge in [-0.05, 0) is 18.9 Å². The Morgan fingerprint density at radius 2 is 1.67 bits per heavy atom. The van der Waals surface area contributed by atoms with E-state index in [1.807, 2.05) is 0 Å². The molecule has 0 aromatic rings. The van der Waals surface area contributed by atoms with Crippen LogP contribution < -0.4 is 0 Å². The summed E-state index contributed by atoms with van der Waals surface area (Å²) in [6.07, 6.45) is 0.377. The van der Waals surface area contributed by atoms with Crippen LogP contribution in [0.1, 0.15) is 34.6 Å². The van der Waals surface area contributed by atoms with Gasteiger partial charge in [0, 0.05) is 6.10 Å². The molecule has 0 atom stereocenters. The molecule has 0 saturated heterocycles. The molecule has 2 radical (unpaired) electrons. The Kier molecular flexibility index (Phi) is 3.44. The first-order valence-corrected chi connectivity index (χ1v) is 4.25. The van der Waals surface area contributed by atoms with Gasteiger partial charge in [-0.15, -0.1) is 0 Å². The molecule has 0 aromatic carbocycles. The topological polar surface area (TPSA) is 9.23 Å². The van der Waals surface area contributed by atoms with Crippen molar-refractivity contribution in [2.75, 3.05) is 0 Å². The molecule has 9 heavy (non-hydrogen) atoms. The van der Waals surface area contributed by atoms with Crippen molar-refractivity contribution in [3.05, 3.63) is 0 Å². The summed E-state index contributed by atoms with van der Waals surface area (Å²) in [6.45, 7) is 10.7. The first kappa shape index (κ1) is 9.18. The SMILES string of the molecule is CC(C)O[Si]C(C)(C)C. The van der Waals surface area contributed by atoms with Crippen LogP contribution >= 0.6 is 0 Å². The molecule has 1 nitrogen and oxygen atoms in total. The largest absolute Gasteiger partial charge is 0.415 e. The summed E-state index contributed by atoms with van der Waals surface area (Å²) in [5.41, 5.74) is 0. The van der Waals surface area contributed by atoms with Gasteiger partial charge in [0.1, 0.15) is 0 Å². The zero-order valence-corrected chi connectivity index (χ0v) is 7.99. The third-order valence-electron chi connectivity index (χ3n) is 0.601. The Labute approximate surface area is 60.7 Å². The van der Waals surface area contributed by atoms with E-state index in [2.05, 4.69) is 34.6 Å². The second kappa shape index (κ2) is 3.37. The highest BCUT2D eigenvalue weighted by molar-refractivity contribution is 6.31. The van der Waals surface area contributed by atoms with Crippen molar-refractivity contribution in [2.24, 2.45) is 0 Å². The van der Waals surface area contributed by atoms with Crippen LogP contribution in [-0.4, -0.2) is 15.9 Å². The lowest BCUT2D eigenvalue weighted by atomic mass is 10.3. The van der Waals surface area contributed by atoms with E-state index in [-0.39, 0.29) is 0 Å². The van der Waals surface area contributed by atoms with Gasteiger partial charge in [0.05, 0.1) is 0 Å². The van der Waals surface area contributed by atoms with E-state index in [9.17, 15) is 0 Å². The van der Waals surface area contributed by atoms with Gasteiger partial charge in [0.15, 0.2) is 0 Å². The van der Waals surface area contributed by atoms with Gasteiger partial charge >= 0.3 is 0 Å². The summed E-state index contributed by atoms with van der Waals surface area (Å²) in [6, 6.07) is 0. The molecule has 0 aliphatic rings. The minimum absolute atomic E-state index is 0.338. The monoisotopic (exact) mass is 144 g/mol. The van der Waals surface area contributed by atoms with Crippen LogP contribution in [0.4, 0.5) is 0 Å². The smallest absolute Gasteiger partial charge is 0.236 e. The molecule has 0 amide bonds. The van der Waals surface area contributed by atoms with Crippen LogP contribution in [0.2, 0.25) is 5.04 Å². The van der Waals surface area contributed by atoms with E-state index < -0.39 is 0 Å². The Hall–Kier alpha value is 0.177. The van der Waals surface area contributed by atoms with E-state index >= 15 is 0 Å². The number of hydrogen-bond acceptors (Lipinski definition) is 1. The quantitative estimate of drug-likeness (QED) is 0.540. The van der Waals surface area contributed by atoms with Crippen molar-refractivity contribution in [3.63, 3.8) is 0 Å². The summed E-state index contributed by atoms with van der Waals surface area (Å²) in [7, 11) is 0.622. The zero-order valence-electron chi connectivity index (χ0n) is 6.99. The predicted molar refractivity (Wildman–Crippen MR) is 41.7 cm³/mol. The first-order chi connectivity index (χ1) is 3.92. The fourth-order valence-electron chi connectivity index (χ4n) is 0.295. The van der Waals surface area contributed by atoms with Crippen molar-refractivity contribution in [1.29, 1.82) is 0 Å². The zero-order chi connectivity index (χ0) is 7.49. The molecule has 2 heteroatoms. The van der Waals surface area contributed by atoms with Crippen LogP contribution in [0.5, 0.6) is 0 Å². The average molecular weight is 144 g/mol. The molecule has 0 aliphatic heterocycles. The molecule has 0 aliphatic carbocycles. The van der Waals surface area contributed by atoms with Crippen LogP contribution in [0.25, 0.3) is 0 Å². The van der Waals surface area contributed by atoms with Gasteiger partial charge in [0.25, 0.3) is 0 Å². The van der Waals surface area contributed by atoms with Crippen molar-refractivity contribution >= 4 is 9.76 Å². The van der Waals surface area contributed by atoms with Crippen LogP contribution in [0.3, 0.4) is 0 Å². The second-order valence-corrected chi connectivity index (χ2v) is 5.46. The fraction of sp³-hybridized carbons (Fsp3) is 1.00. The van der Waals surface area contributed by atoms with Gasteiger partial charge in [-0.3, -0.25) is 0 Å². The minimum Gasteiger partial charge on any atom is -0.415 e. The molecule has 0 rings (SSSR count). The Morgan fingerprint density at radius 3 is 1.78 bits per heavy atom. The second-order valence-electron chi connectivity index (χ2n) is 3.52. The third-order valence-corrected chi connectivity index (χ3v) is 1.80. The number of hydrogen-bond donors (Lipinski definition) is 0. The molecule has 0 fully saturated rings. The van der Waals surface area contributed by atoms with Gasteiger partial charge in [-0.25, -0.2) is 0 Å². The van der Waals surface area contributed by atoms with Crippen LogP contribution in [-0.2, 0) is 4.43 Å². The Morgan fingerprint density at radius 1 is 1.22 bits per heavy atom. The van der Waals surface area contributed by atoms with E-state index in [0.717, 1.165) is 0 Å². The molecule has 0 bridgehead atoms. The molecule has 54 valence electrons. The van der Waals surface area contributed by atoms with E-state index in [1.165, 1.54) is 0 Å². The van der Waals surface area contributed by atoms with E-state index in [1.54, 1.807) is 0 Å². The van der Waals surface area contributed by atoms with Crippen molar-refractivity contribution in [3.8, 4) is 0 Å². The molecule has 0 N–H and O–H groups in total. The molecule has 0 aromatic heterocycles. The van der Waals surface area contributed by atoms with Gasteiger partial charge in [-0.1, -0.05) is 20.8 Å². The van der Waals surface area contributed by atoms with E-state index in [4.69, 9.17) is 4.43 Å². The lowest BCUT2D eigenvalue weighted by Crippen LogP contribution is -2.16. The molecule has 0 unspecified atom stereocenters. The fourth-order valence-corrected chi connectivity index (χ4v) is 0.884. The molecular weight excluding hydrogens is 128 g/mol. The summed E-state index contributed by atoms with van der Waals surface area (Å²) in [5, 5.41) is 0.338. The average Bonchev–Trinajstić information content (AvgIpc) is 1.59. The Bertz CT molecular complexity index is 73.5. The van der Waals surface area contributed by atoms with Crippen LogP contribution in [0, 0.1) is 0 Å². The Balaban J connectivity index is 3.28. The lowest BCUT2D eigenvalue weighted by molar-refractivity contribution is 0.245. The maximum atomic E-state index is 5.43. The van der Waals surface area contributed by atoms with Gasteiger partial charge in [-0.2, -0.15) is 0 Å². The van der Waals surface area contributed by atoms with Crippen LogP contribution in [0.15, 0.2) is 0 Å². The highest BCUT2D eigenvalue weighted by atomic mass is 28.2. The third kappa shape index (κ3) is 8.18. The molecular formula is C7H16OSi. The summed E-state index contributed by atoms with van der Waals surface area (Å²) >= 11 is 0. The predicted octanol–water partition coefficient (Wildman–Crippen LogP) is 2.25. The standard InChI is InChI=1S/C7H16OSi/c1-6(2)8-9-7(3,4)5/h6H,1-5H3. The first-order valence-electron chi connectivity index (χ1n) is 3.34. The van der Waals surface area contributed by atoms with E-state index in [0.29, 0.717) is 20.9 Å². The normalized spacial score (nSPS) is 12.7. The molecule has 0 saturated carbocycles. The van der Waals surface area contributed by atoms with Crippen molar-refractivity contribution in [1.82, 2.24) is 0 Å².